The highest BCUT2D eigenvalue weighted by molar-refractivity contribution is 5.34. The normalized spacial score (nSPS) is 18.1. The van der Waals surface area contributed by atoms with Gasteiger partial charge < -0.3 is 20.5 Å². The molecular weight excluding hydrogens is 244 g/mol. The fraction of sp³-hybridized carbons (Fsp3) is 0.692. The summed E-state index contributed by atoms with van der Waals surface area (Å²) in [7, 11) is 0. The first-order valence-electron chi connectivity index (χ1n) is 6.72. The van der Waals surface area contributed by atoms with E-state index in [4.69, 9.17) is 15.2 Å². The van der Waals surface area contributed by atoms with Crippen LogP contribution in [0.1, 0.15) is 25.5 Å². The van der Waals surface area contributed by atoms with Gasteiger partial charge in [-0.25, -0.2) is 4.98 Å². The maximum atomic E-state index is 5.92. The molecule has 1 saturated heterocycles. The van der Waals surface area contributed by atoms with Crippen LogP contribution in [0.3, 0.4) is 0 Å². The summed E-state index contributed by atoms with van der Waals surface area (Å²) in [5, 5.41) is 3.38. The van der Waals surface area contributed by atoms with Crippen LogP contribution in [0.2, 0.25) is 0 Å². The number of aryl methyl sites for hydroxylation is 1. The van der Waals surface area contributed by atoms with Crippen LogP contribution in [0.5, 0.6) is 5.88 Å². The first-order valence-corrected chi connectivity index (χ1v) is 6.72. The topological polar surface area (TPSA) is 82.3 Å². The zero-order valence-electron chi connectivity index (χ0n) is 11.6. The van der Waals surface area contributed by atoms with E-state index in [9.17, 15) is 0 Å². The fourth-order valence-electron chi connectivity index (χ4n) is 2.20. The number of nitrogens with zero attached hydrogens (tertiary/aromatic N) is 2. The molecule has 6 heteroatoms. The lowest BCUT2D eigenvalue weighted by atomic mass is 9.90. The monoisotopic (exact) mass is 266 g/mol. The van der Waals surface area contributed by atoms with Gasteiger partial charge in [0.25, 0.3) is 0 Å². The van der Waals surface area contributed by atoms with E-state index in [0.29, 0.717) is 38.2 Å². The zero-order chi connectivity index (χ0) is 13.7. The molecule has 2 heterocycles. The summed E-state index contributed by atoms with van der Waals surface area (Å²) in [5.74, 6) is 1.17. The Morgan fingerprint density at radius 3 is 2.79 bits per heavy atom. The minimum atomic E-state index is -0.171. The zero-order valence-corrected chi connectivity index (χ0v) is 11.6. The quantitative estimate of drug-likeness (QED) is 0.830. The van der Waals surface area contributed by atoms with Gasteiger partial charge in [0.1, 0.15) is 0 Å². The number of aromatic nitrogens is 2. The summed E-state index contributed by atoms with van der Waals surface area (Å²) in [6.45, 7) is 6.42. The van der Waals surface area contributed by atoms with E-state index in [0.717, 1.165) is 18.5 Å². The van der Waals surface area contributed by atoms with Crippen molar-refractivity contribution in [3.05, 3.63) is 11.8 Å². The number of nitrogens with two attached hydrogens (primary N) is 1. The molecule has 0 radical (unpaired) electrons. The Kier molecular flexibility index (Phi) is 4.55. The van der Waals surface area contributed by atoms with Gasteiger partial charge in [-0.15, -0.1) is 0 Å². The smallest absolute Gasteiger partial charge is 0.226 e. The van der Waals surface area contributed by atoms with Crippen molar-refractivity contribution >= 4 is 5.95 Å². The minimum Gasteiger partial charge on any atom is -0.478 e. The summed E-state index contributed by atoms with van der Waals surface area (Å²) in [5.41, 5.74) is 6.62. The number of hydrogen-bond acceptors (Lipinski definition) is 6. The first-order chi connectivity index (χ1) is 9.17. The fourth-order valence-corrected chi connectivity index (χ4v) is 2.20. The van der Waals surface area contributed by atoms with E-state index in [1.54, 1.807) is 0 Å². The van der Waals surface area contributed by atoms with Crippen LogP contribution in [0.15, 0.2) is 6.07 Å². The summed E-state index contributed by atoms with van der Waals surface area (Å²) < 4.78 is 10.8. The van der Waals surface area contributed by atoms with E-state index < -0.39 is 0 Å². The molecule has 1 aliphatic rings. The second-order valence-corrected chi connectivity index (χ2v) is 4.83. The van der Waals surface area contributed by atoms with Crippen LogP contribution in [-0.4, -0.2) is 41.9 Å². The summed E-state index contributed by atoms with van der Waals surface area (Å²) in [6.07, 6.45) is 1.73. The van der Waals surface area contributed by atoms with Gasteiger partial charge in [-0.2, -0.15) is 4.98 Å². The molecule has 1 aromatic heterocycles. The highest BCUT2D eigenvalue weighted by Gasteiger charge is 2.32. The molecule has 3 N–H and O–H groups in total. The molecule has 0 saturated carbocycles. The third-order valence-corrected chi connectivity index (χ3v) is 3.34. The predicted molar refractivity (Wildman–Crippen MR) is 73.4 cm³/mol. The van der Waals surface area contributed by atoms with Gasteiger partial charge in [-0.1, -0.05) is 0 Å². The predicted octanol–water partition coefficient (Wildman–Crippen LogP) is 1.10. The Hall–Kier alpha value is -1.40. The second-order valence-electron chi connectivity index (χ2n) is 4.83. The van der Waals surface area contributed by atoms with Crippen molar-refractivity contribution in [2.75, 3.05) is 31.7 Å². The van der Waals surface area contributed by atoms with E-state index in [-0.39, 0.29) is 5.54 Å². The van der Waals surface area contributed by atoms with Crippen LogP contribution in [0.4, 0.5) is 5.95 Å². The Morgan fingerprint density at radius 1 is 1.42 bits per heavy atom. The molecule has 2 rings (SSSR count). The first kappa shape index (κ1) is 14.0. The summed E-state index contributed by atoms with van der Waals surface area (Å²) in [4.78, 5) is 8.77. The van der Waals surface area contributed by atoms with Crippen molar-refractivity contribution in [1.82, 2.24) is 9.97 Å². The highest BCUT2D eigenvalue weighted by Crippen LogP contribution is 2.24. The van der Waals surface area contributed by atoms with Gasteiger partial charge >= 0.3 is 0 Å². The Morgan fingerprint density at radius 2 is 2.16 bits per heavy atom. The molecule has 0 aliphatic carbocycles. The minimum absolute atomic E-state index is 0.171. The molecule has 6 nitrogen and oxygen atoms in total. The molecule has 0 unspecified atom stereocenters. The molecular formula is C13H22N4O2. The van der Waals surface area contributed by atoms with Gasteiger partial charge in [-0.3, -0.25) is 0 Å². The van der Waals surface area contributed by atoms with Crippen molar-refractivity contribution in [2.24, 2.45) is 5.73 Å². The number of hydrogen-bond donors (Lipinski definition) is 2. The standard InChI is InChI=1S/C13H22N4O2/c1-3-19-11-8-10(2)15-12(16-11)17-13(9-14)4-6-18-7-5-13/h8H,3-7,9,14H2,1-2H3,(H,15,16,17). The lowest BCUT2D eigenvalue weighted by Crippen LogP contribution is -2.50. The lowest BCUT2D eigenvalue weighted by Gasteiger charge is -2.36. The van der Waals surface area contributed by atoms with E-state index in [1.807, 2.05) is 19.9 Å². The third kappa shape index (κ3) is 3.54. The van der Waals surface area contributed by atoms with E-state index in [2.05, 4.69) is 15.3 Å². The van der Waals surface area contributed by atoms with Crippen LogP contribution in [0.25, 0.3) is 0 Å². The van der Waals surface area contributed by atoms with Crippen molar-refractivity contribution in [3.8, 4) is 5.88 Å². The van der Waals surface area contributed by atoms with Crippen molar-refractivity contribution in [3.63, 3.8) is 0 Å². The molecule has 19 heavy (non-hydrogen) atoms. The van der Waals surface area contributed by atoms with Crippen LogP contribution >= 0.6 is 0 Å². The van der Waals surface area contributed by atoms with Crippen molar-refractivity contribution in [1.29, 1.82) is 0 Å². The maximum absolute atomic E-state index is 5.92. The van der Waals surface area contributed by atoms with Gasteiger partial charge in [0.15, 0.2) is 0 Å². The van der Waals surface area contributed by atoms with Gasteiger partial charge in [0.05, 0.1) is 12.1 Å². The highest BCUT2D eigenvalue weighted by atomic mass is 16.5. The average molecular weight is 266 g/mol. The Bertz CT molecular complexity index is 419. The van der Waals surface area contributed by atoms with Crippen molar-refractivity contribution in [2.45, 2.75) is 32.2 Å². The molecule has 0 amide bonds. The maximum Gasteiger partial charge on any atom is 0.226 e. The lowest BCUT2D eigenvalue weighted by molar-refractivity contribution is 0.0625. The van der Waals surface area contributed by atoms with Crippen LogP contribution in [-0.2, 0) is 4.74 Å². The second kappa shape index (κ2) is 6.16. The van der Waals surface area contributed by atoms with Crippen LogP contribution < -0.4 is 15.8 Å². The summed E-state index contributed by atoms with van der Waals surface area (Å²) in [6, 6.07) is 1.83. The molecule has 0 bridgehead atoms. The molecule has 0 atom stereocenters. The molecule has 1 aliphatic heterocycles. The third-order valence-electron chi connectivity index (χ3n) is 3.34. The van der Waals surface area contributed by atoms with Crippen molar-refractivity contribution < 1.29 is 9.47 Å². The van der Waals surface area contributed by atoms with E-state index >= 15 is 0 Å². The molecule has 106 valence electrons. The largest absolute Gasteiger partial charge is 0.478 e. The molecule has 1 aromatic rings. The average Bonchev–Trinajstić information content (AvgIpc) is 2.39. The molecule has 1 fully saturated rings. The SMILES string of the molecule is CCOc1cc(C)nc(NC2(CN)CCOCC2)n1. The van der Waals surface area contributed by atoms with E-state index in [1.165, 1.54) is 0 Å². The molecule has 0 aromatic carbocycles. The van der Waals surface area contributed by atoms with Gasteiger partial charge in [-0.05, 0) is 26.7 Å². The Balaban J connectivity index is 2.16. The van der Waals surface area contributed by atoms with Gasteiger partial charge in [0, 0.05) is 31.5 Å². The summed E-state index contributed by atoms with van der Waals surface area (Å²) >= 11 is 0. The van der Waals surface area contributed by atoms with Gasteiger partial charge in [0.2, 0.25) is 11.8 Å². The molecule has 0 spiro atoms. The number of nitrogens with one attached hydrogen (secondary N) is 1. The number of ether oxygens (including phenoxy) is 2. The number of rotatable bonds is 5. The Labute approximate surface area is 113 Å². The van der Waals surface area contributed by atoms with Crippen LogP contribution in [0, 0.1) is 6.92 Å². The number of anilines is 1.